The second kappa shape index (κ2) is 10.3. The summed E-state index contributed by atoms with van der Waals surface area (Å²) in [6.07, 6.45) is 0. The first-order chi connectivity index (χ1) is 18.8. The quantitative estimate of drug-likeness (QED) is 0.286. The maximum absolute atomic E-state index is 4.81. The van der Waals surface area contributed by atoms with Crippen LogP contribution in [0, 0.1) is 0 Å². The molecule has 0 radical (unpaired) electrons. The van der Waals surface area contributed by atoms with Crippen LogP contribution < -0.4 is 0 Å². The van der Waals surface area contributed by atoms with Crippen LogP contribution in [0.3, 0.4) is 0 Å². The van der Waals surface area contributed by atoms with Gasteiger partial charge in [0.25, 0.3) is 0 Å². The van der Waals surface area contributed by atoms with Crippen LogP contribution in [0.5, 0.6) is 0 Å². The molecule has 0 saturated heterocycles. The number of hydrogen-bond donors (Lipinski definition) is 0. The highest BCUT2D eigenvalue weighted by molar-refractivity contribution is 5.51. The molecule has 8 nitrogen and oxygen atoms in total. The SMILES string of the molecule is CC(C)(C)c1ccc(C(c2ccc(C(C)(C)C)nn2)(c2ccc(C(C)(C)C)nn2)c2ccc(C(C)(C)C)nn2)nn1. The Balaban J connectivity index is 2.09. The zero-order chi connectivity index (χ0) is 30.4. The fraction of sp³-hybridized carbons (Fsp3) is 0.515. The highest BCUT2D eigenvalue weighted by atomic mass is 15.2. The molecule has 0 unspecified atom stereocenters. The van der Waals surface area contributed by atoms with Crippen molar-refractivity contribution >= 4 is 0 Å². The van der Waals surface area contributed by atoms with Crippen LogP contribution in [0.25, 0.3) is 0 Å². The minimum absolute atomic E-state index is 0.162. The molecule has 0 aromatic carbocycles. The van der Waals surface area contributed by atoms with Gasteiger partial charge in [-0.15, -0.1) is 0 Å². The predicted molar refractivity (Wildman–Crippen MR) is 162 cm³/mol. The molecular formula is C33H44N8. The number of nitrogens with zero attached hydrogens (tertiary/aromatic N) is 8. The van der Waals surface area contributed by atoms with Gasteiger partial charge in [-0.2, -0.15) is 40.8 Å². The van der Waals surface area contributed by atoms with Crippen LogP contribution in [0.2, 0.25) is 0 Å². The minimum atomic E-state index is -1.15. The van der Waals surface area contributed by atoms with E-state index in [0.717, 1.165) is 22.8 Å². The summed E-state index contributed by atoms with van der Waals surface area (Å²) in [5.41, 5.74) is 4.22. The monoisotopic (exact) mass is 552 g/mol. The molecule has 0 saturated carbocycles. The van der Waals surface area contributed by atoms with E-state index in [2.05, 4.69) is 103 Å². The molecule has 8 heteroatoms. The minimum Gasteiger partial charge on any atom is -0.155 e. The summed E-state index contributed by atoms with van der Waals surface area (Å²) in [5.74, 6) is 0. The largest absolute Gasteiger partial charge is 0.155 e. The van der Waals surface area contributed by atoms with Crippen molar-refractivity contribution < 1.29 is 0 Å². The summed E-state index contributed by atoms with van der Waals surface area (Å²) in [5, 5.41) is 37.9. The maximum atomic E-state index is 4.81. The second-order valence-electron chi connectivity index (χ2n) is 15.0. The first kappa shape index (κ1) is 30.3. The fourth-order valence-electron chi connectivity index (χ4n) is 4.52. The van der Waals surface area contributed by atoms with Crippen molar-refractivity contribution in [1.82, 2.24) is 40.8 Å². The molecule has 4 aromatic heterocycles. The normalized spacial score (nSPS) is 13.4. The summed E-state index contributed by atoms with van der Waals surface area (Å²) in [4.78, 5) is 0. The van der Waals surface area contributed by atoms with Crippen LogP contribution in [0.15, 0.2) is 48.5 Å². The van der Waals surface area contributed by atoms with Crippen LogP contribution in [0.4, 0.5) is 0 Å². The van der Waals surface area contributed by atoms with E-state index in [4.69, 9.17) is 20.4 Å². The van der Waals surface area contributed by atoms with Crippen LogP contribution in [0.1, 0.15) is 129 Å². The molecule has 0 amide bonds. The van der Waals surface area contributed by atoms with Gasteiger partial charge in [0.1, 0.15) is 5.41 Å². The average Bonchev–Trinajstić information content (AvgIpc) is 2.88. The lowest BCUT2D eigenvalue weighted by Gasteiger charge is -2.32. The lowest BCUT2D eigenvalue weighted by molar-refractivity contribution is 0.520. The molecule has 0 aliphatic heterocycles. The van der Waals surface area contributed by atoms with Crippen molar-refractivity contribution in [1.29, 1.82) is 0 Å². The van der Waals surface area contributed by atoms with Crippen LogP contribution >= 0.6 is 0 Å². The van der Waals surface area contributed by atoms with E-state index in [1.165, 1.54) is 0 Å². The van der Waals surface area contributed by atoms with Crippen LogP contribution in [-0.4, -0.2) is 40.8 Å². The summed E-state index contributed by atoms with van der Waals surface area (Å²) in [6, 6.07) is 16.0. The molecule has 4 aromatic rings. The van der Waals surface area contributed by atoms with Crippen molar-refractivity contribution in [2.24, 2.45) is 0 Å². The molecule has 0 aliphatic carbocycles. The zero-order valence-electron chi connectivity index (χ0n) is 26.7. The van der Waals surface area contributed by atoms with Crippen molar-refractivity contribution in [3.05, 3.63) is 94.1 Å². The third-order valence-corrected chi connectivity index (χ3v) is 7.27. The van der Waals surface area contributed by atoms with E-state index in [0.29, 0.717) is 22.8 Å². The molecule has 41 heavy (non-hydrogen) atoms. The third kappa shape index (κ3) is 6.02. The second-order valence-corrected chi connectivity index (χ2v) is 15.0. The molecule has 0 bridgehead atoms. The van der Waals surface area contributed by atoms with E-state index in [-0.39, 0.29) is 21.7 Å². The number of aromatic nitrogens is 8. The Bertz CT molecular complexity index is 1230. The van der Waals surface area contributed by atoms with Crippen molar-refractivity contribution in [3.8, 4) is 0 Å². The summed E-state index contributed by atoms with van der Waals surface area (Å²) in [6.45, 7) is 25.4. The number of rotatable bonds is 4. The topological polar surface area (TPSA) is 103 Å². The highest BCUT2D eigenvalue weighted by Crippen LogP contribution is 2.42. The lowest BCUT2D eigenvalue weighted by Crippen LogP contribution is -2.37. The van der Waals surface area contributed by atoms with Gasteiger partial charge in [-0.1, -0.05) is 83.1 Å². The maximum Gasteiger partial charge on any atom is 0.146 e. The molecule has 0 aliphatic rings. The van der Waals surface area contributed by atoms with Gasteiger partial charge in [-0.3, -0.25) is 0 Å². The van der Waals surface area contributed by atoms with Gasteiger partial charge in [-0.05, 0) is 48.5 Å². The highest BCUT2D eigenvalue weighted by Gasteiger charge is 2.46. The first-order valence-corrected chi connectivity index (χ1v) is 14.2. The summed E-state index contributed by atoms with van der Waals surface area (Å²) in [7, 11) is 0. The first-order valence-electron chi connectivity index (χ1n) is 14.2. The molecule has 0 spiro atoms. The van der Waals surface area contributed by atoms with Gasteiger partial charge in [0, 0.05) is 21.7 Å². The summed E-state index contributed by atoms with van der Waals surface area (Å²) < 4.78 is 0. The van der Waals surface area contributed by atoms with Crippen molar-refractivity contribution in [2.45, 2.75) is 110 Å². The molecule has 4 heterocycles. The summed E-state index contributed by atoms with van der Waals surface area (Å²) >= 11 is 0. The van der Waals surface area contributed by atoms with Crippen molar-refractivity contribution in [2.75, 3.05) is 0 Å². The van der Waals surface area contributed by atoms with Gasteiger partial charge in [-0.25, -0.2) is 0 Å². The third-order valence-electron chi connectivity index (χ3n) is 7.27. The average molecular weight is 553 g/mol. The van der Waals surface area contributed by atoms with Gasteiger partial charge in [0.15, 0.2) is 0 Å². The van der Waals surface area contributed by atoms with Crippen molar-refractivity contribution in [3.63, 3.8) is 0 Å². The van der Waals surface area contributed by atoms with E-state index in [1.54, 1.807) is 0 Å². The Kier molecular flexibility index (Phi) is 7.61. The number of hydrogen-bond acceptors (Lipinski definition) is 8. The molecule has 0 atom stereocenters. The van der Waals surface area contributed by atoms with E-state index in [1.807, 2.05) is 48.5 Å². The Morgan fingerprint density at radius 1 is 0.268 bits per heavy atom. The fourth-order valence-corrected chi connectivity index (χ4v) is 4.52. The standard InChI is InChI=1S/C33H44N8/c1-29(2,3)21-13-17-25(38-34-21)33(26-18-14-22(35-39-26)30(4,5)6,27-19-15-23(36-40-27)31(7,8)9)28-20-16-24(37-41-28)32(10,11)12/h13-20H,1-12H3. The zero-order valence-corrected chi connectivity index (χ0v) is 26.7. The molecule has 4 rings (SSSR count). The van der Waals surface area contributed by atoms with Gasteiger partial charge in [0.2, 0.25) is 0 Å². The smallest absolute Gasteiger partial charge is 0.146 e. The van der Waals surface area contributed by atoms with Crippen LogP contribution in [-0.2, 0) is 27.1 Å². The lowest BCUT2D eigenvalue weighted by atomic mass is 9.73. The van der Waals surface area contributed by atoms with E-state index >= 15 is 0 Å². The molecule has 216 valence electrons. The van der Waals surface area contributed by atoms with Gasteiger partial charge < -0.3 is 0 Å². The predicted octanol–water partition coefficient (Wildman–Crippen LogP) is 6.42. The van der Waals surface area contributed by atoms with E-state index in [9.17, 15) is 0 Å². The molecule has 0 fully saturated rings. The Labute approximate surface area is 244 Å². The van der Waals surface area contributed by atoms with Gasteiger partial charge >= 0.3 is 0 Å². The Morgan fingerprint density at radius 2 is 0.415 bits per heavy atom. The Hall–Kier alpha value is -3.68. The molecular weight excluding hydrogens is 508 g/mol. The Morgan fingerprint density at radius 3 is 0.537 bits per heavy atom. The van der Waals surface area contributed by atoms with E-state index < -0.39 is 5.41 Å². The molecule has 0 N–H and O–H groups in total. The van der Waals surface area contributed by atoms with Gasteiger partial charge in [0.05, 0.1) is 45.6 Å².